The highest BCUT2D eigenvalue weighted by atomic mass is 35.5. The van der Waals surface area contributed by atoms with Crippen molar-refractivity contribution in [2.75, 3.05) is 0 Å². The minimum absolute atomic E-state index is 0.261. The van der Waals surface area contributed by atoms with E-state index in [4.69, 9.17) is 28.9 Å². The van der Waals surface area contributed by atoms with Gasteiger partial charge in [0.2, 0.25) is 5.91 Å². The third-order valence-corrected chi connectivity index (χ3v) is 5.13. The molecule has 8 heteroatoms. The molecule has 128 valence electrons. The van der Waals surface area contributed by atoms with Crippen LogP contribution in [0.1, 0.15) is 6.92 Å². The summed E-state index contributed by atoms with van der Waals surface area (Å²) >= 11 is 13.1. The Morgan fingerprint density at radius 3 is 2.44 bits per heavy atom. The summed E-state index contributed by atoms with van der Waals surface area (Å²) in [5.74, 6) is -0.493. The van der Waals surface area contributed by atoms with Crippen LogP contribution in [0.4, 0.5) is 0 Å². The Bertz CT molecular complexity index is 1020. The molecule has 1 amide bonds. The summed E-state index contributed by atoms with van der Waals surface area (Å²) in [6, 6.07) is 11.7. The lowest BCUT2D eigenvalue weighted by Crippen LogP contribution is -2.26. The van der Waals surface area contributed by atoms with Crippen molar-refractivity contribution in [3.63, 3.8) is 0 Å². The largest absolute Gasteiger partial charge is 0.369 e. The van der Waals surface area contributed by atoms with Gasteiger partial charge in [-0.3, -0.25) is 14.2 Å². The average Bonchev–Trinajstić information content (AvgIpc) is 2.56. The molecule has 0 radical (unpaired) electrons. The fourth-order valence-corrected chi connectivity index (χ4v) is 3.42. The molecule has 3 aromatic rings. The van der Waals surface area contributed by atoms with Gasteiger partial charge in [0.25, 0.3) is 5.56 Å². The molecule has 0 aliphatic heterocycles. The fraction of sp³-hybridized carbons (Fsp3) is 0.118. The van der Waals surface area contributed by atoms with Gasteiger partial charge in [-0.2, -0.15) is 0 Å². The lowest BCUT2D eigenvalue weighted by molar-refractivity contribution is -0.117. The van der Waals surface area contributed by atoms with Gasteiger partial charge < -0.3 is 5.73 Å². The summed E-state index contributed by atoms with van der Waals surface area (Å²) in [7, 11) is 0. The number of rotatable bonds is 4. The number of carbonyl (C=O) groups is 1. The Morgan fingerprint density at radius 2 is 1.80 bits per heavy atom. The van der Waals surface area contributed by atoms with Gasteiger partial charge in [-0.05, 0) is 49.4 Å². The number of fused-ring (bicyclic) bond motifs is 1. The molecule has 0 fully saturated rings. The molecule has 1 aromatic heterocycles. The Morgan fingerprint density at radius 1 is 1.16 bits per heavy atom. The van der Waals surface area contributed by atoms with E-state index in [1.807, 2.05) is 0 Å². The molecular weight excluding hydrogens is 381 g/mol. The van der Waals surface area contributed by atoms with Crippen molar-refractivity contribution in [3.05, 3.63) is 62.9 Å². The zero-order valence-corrected chi connectivity index (χ0v) is 15.4. The van der Waals surface area contributed by atoms with Crippen molar-refractivity contribution in [2.24, 2.45) is 5.73 Å². The van der Waals surface area contributed by atoms with Gasteiger partial charge >= 0.3 is 0 Å². The fourth-order valence-electron chi connectivity index (χ4n) is 2.25. The minimum Gasteiger partial charge on any atom is -0.369 e. The Hall–Kier alpha value is -2.02. The van der Waals surface area contributed by atoms with E-state index in [0.29, 0.717) is 31.8 Å². The van der Waals surface area contributed by atoms with E-state index in [-0.39, 0.29) is 5.56 Å². The molecule has 0 spiro atoms. The number of hydrogen-bond acceptors (Lipinski definition) is 4. The van der Waals surface area contributed by atoms with Crippen LogP contribution in [0.15, 0.2) is 52.4 Å². The highest BCUT2D eigenvalue weighted by Gasteiger charge is 2.18. The monoisotopic (exact) mass is 393 g/mol. The number of carbonyl (C=O) groups excluding carboxylic acids is 1. The number of amides is 1. The summed E-state index contributed by atoms with van der Waals surface area (Å²) in [4.78, 5) is 29.0. The zero-order chi connectivity index (χ0) is 18.1. The van der Waals surface area contributed by atoms with Crippen molar-refractivity contribution in [2.45, 2.75) is 17.3 Å². The number of aromatic nitrogens is 2. The van der Waals surface area contributed by atoms with E-state index >= 15 is 0 Å². The normalized spacial score (nSPS) is 12.3. The maximum Gasteiger partial charge on any atom is 0.266 e. The van der Waals surface area contributed by atoms with E-state index < -0.39 is 11.2 Å². The van der Waals surface area contributed by atoms with Crippen molar-refractivity contribution in [1.82, 2.24) is 9.55 Å². The average molecular weight is 394 g/mol. The Balaban J connectivity index is 2.29. The number of nitrogens with two attached hydrogens (primary N) is 1. The molecule has 0 unspecified atom stereocenters. The third-order valence-electron chi connectivity index (χ3n) is 3.57. The van der Waals surface area contributed by atoms with Gasteiger partial charge in [-0.1, -0.05) is 35.0 Å². The second kappa shape index (κ2) is 7.07. The molecule has 2 N–H and O–H groups in total. The van der Waals surface area contributed by atoms with Crippen molar-refractivity contribution >= 4 is 51.8 Å². The van der Waals surface area contributed by atoms with Crippen LogP contribution in [0.25, 0.3) is 16.6 Å². The molecule has 1 atom stereocenters. The van der Waals surface area contributed by atoms with Crippen LogP contribution < -0.4 is 11.3 Å². The van der Waals surface area contributed by atoms with Gasteiger partial charge in [0.15, 0.2) is 5.16 Å². The Kier molecular flexibility index (Phi) is 5.03. The predicted molar refractivity (Wildman–Crippen MR) is 102 cm³/mol. The molecule has 0 saturated carbocycles. The van der Waals surface area contributed by atoms with Crippen molar-refractivity contribution in [1.29, 1.82) is 0 Å². The maximum atomic E-state index is 13.0. The highest BCUT2D eigenvalue weighted by molar-refractivity contribution is 8.00. The highest BCUT2D eigenvalue weighted by Crippen LogP contribution is 2.26. The van der Waals surface area contributed by atoms with Gasteiger partial charge in [-0.25, -0.2) is 4.98 Å². The smallest absolute Gasteiger partial charge is 0.266 e. The first-order chi connectivity index (χ1) is 11.9. The second-order valence-corrected chi connectivity index (χ2v) is 7.52. The van der Waals surface area contributed by atoms with E-state index in [0.717, 1.165) is 11.8 Å². The lowest BCUT2D eigenvalue weighted by Gasteiger charge is -2.15. The first kappa shape index (κ1) is 17.8. The van der Waals surface area contributed by atoms with E-state index in [9.17, 15) is 9.59 Å². The number of hydrogen-bond donors (Lipinski definition) is 1. The SMILES string of the molecule is C[C@H](Sc1nc2cc(Cl)ccc2c(=O)n1-c1ccc(Cl)cc1)C(N)=O. The van der Waals surface area contributed by atoms with E-state index in [1.165, 1.54) is 4.57 Å². The predicted octanol–water partition coefficient (Wildman–Crippen LogP) is 3.66. The summed E-state index contributed by atoms with van der Waals surface area (Å²) < 4.78 is 1.44. The molecule has 25 heavy (non-hydrogen) atoms. The number of benzene rings is 2. The Labute approximate surface area is 157 Å². The minimum atomic E-state index is -0.554. The summed E-state index contributed by atoms with van der Waals surface area (Å²) in [5.41, 5.74) is 6.15. The molecule has 1 heterocycles. The third kappa shape index (κ3) is 3.66. The molecule has 0 saturated heterocycles. The van der Waals surface area contributed by atoms with Gasteiger partial charge in [0.05, 0.1) is 21.8 Å². The van der Waals surface area contributed by atoms with Crippen LogP contribution in [0, 0.1) is 0 Å². The van der Waals surface area contributed by atoms with Crippen molar-refractivity contribution < 1.29 is 4.79 Å². The van der Waals surface area contributed by atoms with E-state index in [1.54, 1.807) is 49.4 Å². The molecular formula is C17H13Cl2N3O2S. The number of thioether (sulfide) groups is 1. The number of nitrogens with zero attached hydrogens (tertiary/aromatic N) is 2. The molecule has 0 bridgehead atoms. The number of primary amides is 1. The van der Waals surface area contributed by atoms with Crippen molar-refractivity contribution in [3.8, 4) is 5.69 Å². The van der Waals surface area contributed by atoms with E-state index in [2.05, 4.69) is 4.98 Å². The van der Waals surface area contributed by atoms with Crippen LogP contribution in [-0.4, -0.2) is 20.7 Å². The first-order valence-electron chi connectivity index (χ1n) is 7.31. The standard InChI is InChI=1S/C17H13Cl2N3O2S/c1-9(15(20)23)25-17-21-14-8-11(19)4-7-13(14)16(24)22(17)12-5-2-10(18)3-6-12/h2-9H,1H3,(H2,20,23)/t9-/m0/s1. The second-order valence-electron chi connectivity index (χ2n) is 5.34. The van der Waals surface area contributed by atoms with Gasteiger partial charge in [0, 0.05) is 10.0 Å². The summed E-state index contributed by atoms with van der Waals surface area (Å²) in [5, 5.41) is 1.26. The van der Waals surface area contributed by atoms with Crippen LogP contribution in [0.2, 0.25) is 10.0 Å². The van der Waals surface area contributed by atoms with Crippen LogP contribution in [0.3, 0.4) is 0 Å². The lowest BCUT2D eigenvalue weighted by atomic mass is 10.2. The van der Waals surface area contributed by atoms with Gasteiger partial charge in [0.1, 0.15) is 0 Å². The van der Waals surface area contributed by atoms with Crippen LogP contribution >= 0.6 is 35.0 Å². The molecule has 0 aliphatic carbocycles. The van der Waals surface area contributed by atoms with Gasteiger partial charge in [-0.15, -0.1) is 0 Å². The molecule has 5 nitrogen and oxygen atoms in total. The summed E-state index contributed by atoms with van der Waals surface area (Å²) in [6.45, 7) is 1.66. The molecule has 0 aliphatic rings. The topological polar surface area (TPSA) is 78.0 Å². The number of halogens is 2. The summed E-state index contributed by atoms with van der Waals surface area (Å²) in [6.07, 6.45) is 0. The van der Waals surface area contributed by atoms with Crippen LogP contribution in [-0.2, 0) is 4.79 Å². The zero-order valence-electron chi connectivity index (χ0n) is 13.1. The molecule has 2 aromatic carbocycles. The first-order valence-corrected chi connectivity index (χ1v) is 8.94. The maximum absolute atomic E-state index is 13.0. The quantitative estimate of drug-likeness (QED) is 0.541. The van der Waals surface area contributed by atoms with Crippen LogP contribution in [0.5, 0.6) is 0 Å². The molecule has 3 rings (SSSR count).